The summed E-state index contributed by atoms with van der Waals surface area (Å²) < 4.78 is 0. The van der Waals surface area contributed by atoms with Gasteiger partial charge in [-0.2, -0.15) is 0 Å². The molecule has 3 heteroatoms. The lowest BCUT2D eigenvalue weighted by Gasteiger charge is -2.30. The Balaban J connectivity index is 2.34. The van der Waals surface area contributed by atoms with Crippen LogP contribution in [0.25, 0.3) is 0 Å². The van der Waals surface area contributed by atoms with Gasteiger partial charge in [0.1, 0.15) is 0 Å². The van der Waals surface area contributed by atoms with Crippen LogP contribution in [0.4, 0.5) is 0 Å². The molecule has 0 radical (unpaired) electrons. The minimum atomic E-state index is -0.738. The van der Waals surface area contributed by atoms with E-state index in [2.05, 4.69) is 46.7 Å². The summed E-state index contributed by atoms with van der Waals surface area (Å²) in [5.41, 5.74) is 2.35. The predicted octanol–water partition coefficient (Wildman–Crippen LogP) is 4.30. The Bertz CT molecular complexity index is 641. The van der Waals surface area contributed by atoms with Gasteiger partial charge < -0.3 is 5.84 Å². The maximum absolute atomic E-state index is 5.48. The number of hydrogen-bond donors (Lipinski definition) is 1. The van der Waals surface area contributed by atoms with Crippen molar-refractivity contribution in [2.75, 3.05) is 0 Å². The van der Waals surface area contributed by atoms with E-state index in [4.69, 9.17) is 5.84 Å². The van der Waals surface area contributed by atoms with Crippen LogP contribution in [-0.4, -0.2) is 0 Å². The molecule has 22 heavy (non-hydrogen) atoms. The van der Waals surface area contributed by atoms with Crippen molar-refractivity contribution < 1.29 is 0 Å². The molecule has 3 aromatic carbocycles. The minimum Gasteiger partial charge on any atom is -0.305 e. The summed E-state index contributed by atoms with van der Waals surface area (Å²) in [5.74, 6) is 5.48. The Kier molecular flexibility index (Phi) is 3.97. The SMILES string of the molecule is NN=NC(c1ccccc1)(c1ccccc1)c1ccccc1. The lowest BCUT2D eigenvalue weighted by molar-refractivity contribution is 0.603. The quantitative estimate of drug-likeness (QED) is 0.330. The van der Waals surface area contributed by atoms with Crippen LogP contribution in [-0.2, 0) is 5.54 Å². The fourth-order valence-corrected chi connectivity index (χ4v) is 2.80. The van der Waals surface area contributed by atoms with Gasteiger partial charge in [-0.15, -0.1) is 5.11 Å². The molecule has 0 fully saturated rings. The van der Waals surface area contributed by atoms with Crippen LogP contribution in [0.15, 0.2) is 101 Å². The second kappa shape index (κ2) is 6.22. The second-order valence-electron chi connectivity index (χ2n) is 5.02. The van der Waals surface area contributed by atoms with E-state index >= 15 is 0 Å². The van der Waals surface area contributed by atoms with Crippen LogP contribution >= 0.6 is 0 Å². The minimum absolute atomic E-state index is 0.738. The normalized spacial score (nSPS) is 11.6. The standard InChI is InChI=1S/C19H17N3/c20-22-21-19(16-10-4-1-5-11-16,17-12-6-2-7-13-17)18-14-8-3-9-15-18/h1-15H,(H2,20,21). The number of benzene rings is 3. The number of nitrogens with two attached hydrogens (primary N) is 1. The largest absolute Gasteiger partial charge is 0.305 e. The van der Waals surface area contributed by atoms with E-state index in [1.54, 1.807) is 0 Å². The molecule has 3 rings (SSSR count). The first-order valence-electron chi connectivity index (χ1n) is 7.16. The third-order valence-corrected chi connectivity index (χ3v) is 3.78. The molecule has 0 spiro atoms. The molecular formula is C19H17N3. The zero-order valence-corrected chi connectivity index (χ0v) is 12.1. The van der Waals surface area contributed by atoms with Gasteiger partial charge in [0, 0.05) is 0 Å². The van der Waals surface area contributed by atoms with Crippen molar-refractivity contribution in [1.82, 2.24) is 0 Å². The van der Waals surface area contributed by atoms with Gasteiger partial charge >= 0.3 is 0 Å². The molecular weight excluding hydrogens is 270 g/mol. The summed E-state index contributed by atoms with van der Waals surface area (Å²) in [6.07, 6.45) is 0. The highest BCUT2D eigenvalue weighted by atomic mass is 15.3. The van der Waals surface area contributed by atoms with Gasteiger partial charge in [0.25, 0.3) is 0 Å². The molecule has 3 nitrogen and oxygen atoms in total. The van der Waals surface area contributed by atoms with Gasteiger partial charge in [0.2, 0.25) is 0 Å². The zero-order chi connectivity index (χ0) is 15.3. The molecule has 0 aliphatic heterocycles. The van der Waals surface area contributed by atoms with Crippen LogP contribution in [0.1, 0.15) is 16.7 Å². The molecule has 0 aromatic heterocycles. The lowest BCUT2D eigenvalue weighted by Crippen LogP contribution is -2.27. The third-order valence-electron chi connectivity index (χ3n) is 3.78. The van der Waals surface area contributed by atoms with Gasteiger partial charge in [-0.25, -0.2) is 0 Å². The summed E-state index contributed by atoms with van der Waals surface area (Å²) in [7, 11) is 0. The van der Waals surface area contributed by atoms with E-state index in [0.29, 0.717) is 0 Å². The van der Waals surface area contributed by atoms with E-state index < -0.39 is 5.54 Å². The molecule has 0 bridgehead atoms. The van der Waals surface area contributed by atoms with Crippen molar-refractivity contribution in [2.45, 2.75) is 5.54 Å². The van der Waals surface area contributed by atoms with Gasteiger partial charge in [-0.3, -0.25) is 0 Å². The predicted molar refractivity (Wildman–Crippen MR) is 88.3 cm³/mol. The van der Waals surface area contributed by atoms with E-state index in [1.807, 2.05) is 54.6 Å². The van der Waals surface area contributed by atoms with E-state index in [9.17, 15) is 0 Å². The van der Waals surface area contributed by atoms with Crippen molar-refractivity contribution in [3.05, 3.63) is 108 Å². The summed E-state index contributed by atoms with van der Waals surface area (Å²) in [5, 5.41) is 8.13. The first kappa shape index (κ1) is 14.0. The van der Waals surface area contributed by atoms with Crippen LogP contribution in [0.2, 0.25) is 0 Å². The number of hydrogen-bond acceptors (Lipinski definition) is 2. The number of nitrogens with zero attached hydrogens (tertiary/aromatic N) is 2. The van der Waals surface area contributed by atoms with E-state index in [0.717, 1.165) is 16.7 Å². The smallest absolute Gasteiger partial charge is 0.158 e. The van der Waals surface area contributed by atoms with Gasteiger partial charge in [-0.05, 0) is 16.7 Å². The van der Waals surface area contributed by atoms with Gasteiger partial charge in [0.15, 0.2) is 5.54 Å². The zero-order valence-electron chi connectivity index (χ0n) is 12.1. The molecule has 108 valence electrons. The average molecular weight is 287 g/mol. The molecule has 0 aliphatic rings. The van der Waals surface area contributed by atoms with E-state index in [-0.39, 0.29) is 0 Å². The second-order valence-corrected chi connectivity index (χ2v) is 5.02. The monoisotopic (exact) mass is 287 g/mol. The van der Waals surface area contributed by atoms with Crippen molar-refractivity contribution in [3.63, 3.8) is 0 Å². The fourth-order valence-electron chi connectivity index (χ4n) is 2.80. The molecule has 0 aliphatic carbocycles. The maximum Gasteiger partial charge on any atom is 0.158 e. The first-order valence-corrected chi connectivity index (χ1v) is 7.16. The summed E-state index contributed by atoms with van der Waals surface area (Å²) >= 11 is 0. The van der Waals surface area contributed by atoms with Crippen LogP contribution in [0.5, 0.6) is 0 Å². The Morgan fingerprint density at radius 3 is 1.14 bits per heavy atom. The van der Waals surface area contributed by atoms with Gasteiger partial charge in [-0.1, -0.05) is 96.2 Å². The van der Waals surface area contributed by atoms with Crippen molar-refractivity contribution in [3.8, 4) is 0 Å². The molecule has 0 saturated carbocycles. The Morgan fingerprint density at radius 1 is 0.545 bits per heavy atom. The molecule has 0 saturated heterocycles. The molecule has 0 amide bonds. The summed E-state index contributed by atoms with van der Waals surface area (Å²) in [4.78, 5) is 0. The molecule has 3 aromatic rings. The third kappa shape index (κ3) is 2.37. The molecule has 0 atom stereocenters. The highest BCUT2D eigenvalue weighted by Crippen LogP contribution is 2.40. The Labute approximate surface area is 130 Å². The Hall–Kier alpha value is -2.94. The average Bonchev–Trinajstić information content (AvgIpc) is 2.62. The van der Waals surface area contributed by atoms with Crippen LogP contribution in [0, 0.1) is 0 Å². The maximum atomic E-state index is 5.48. The van der Waals surface area contributed by atoms with E-state index in [1.165, 1.54) is 0 Å². The topological polar surface area (TPSA) is 50.7 Å². The van der Waals surface area contributed by atoms with Crippen molar-refractivity contribution in [1.29, 1.82) is 0 Å². The number of rotatable bonds is 4. The fraction of sp³-hybridized carbons (Fsp3) is 0.0526. The van der Waals surface area contributed by atoms with Gasteiger partial charge in [0.05, 0.1) is 0 Å². The van der Waals surface area contributed by atoms with Crippen molar-refractivity contribution in [2.24, 2.45) is 16.2 Å². The molecule has 0 unspecified atom stereocenters. The van der Waals surface area contributed by atoms with Crippen molar-refractivity contribution >= 4 is 0 Å². The molecule has 0 heterocycles. The van der Waals surface area contributed by atoms with Crippen LogP contribution in [0.3, 0.4) is 0 Å². The highest BCUT2D eigenvalue weighted by Gasteiger charge is 2.36. The van der Waals surface area contributed by atoms with Crippen LogP contribution < -0.4 is 5.84 Å². The highest BCUT2D eigenvalue weighted by molar-refractivity contribution is 5.49. The molecule has 2 N–H and O–H groups in total. The Morgan fingerprint density at radius 2 is 0.864 bits per heavy atom. The summed E-state index contributed by atoms with van der Waals surface area (Å²) in [6, 6.07) is 30.3. The lowest BCUT2D eigenvalue weighted by atomic mass is 9.78. The summed E-state index contributed by atoms with van der Waals surface area (Å²) in [6.45, 7) is 0. The first-order chi connectivity index (χ1) is 10.9.